The number of halogens is 2. The van der Waals surface area contributed by atoms with E-state index in [0.29, 0.717) is 54.4 Å². The number of nitrogens with zero attached hydrogens (tertiary/aromatic N) is 8. The maximum atomic E-state index is 13.8. The van der Waals surface area contributed by atoms with E-state index in [1.54, 1.807) is 23.1 Å². The Hall–Kier alpha value is -4.18. The molecule has 0 unspecified atom stereocenters. The molecule has 0 spiro atoms. The summed E-state index contributed by atoms with van der Waals surface area (Å²) >= 11 is 0. The Morgan fingerprint density at radius 1 is 1.00 bits per heavy atom. The molecule has 3 fully saturated rings. The zero-order valence-corrected chi connectivity index (χ0v) is 27.1. The van der Waals surface area contributed by atoms with E-state index < -0.39 is 26.8 Å². The summed E-state index contributed by atoms with van der Waals surface area (Å²) in [6.45, 7) is 2.36. The van der Waals surface area contributed by atoms with Crippen molar-refractivity contribution in [1.29, 1.82) is 0 Å². The van der Waals surface area contributed by atoms with Gasteiger partial charge < -0.3 is 20.6 Å². The highest BCUT2D eigenvalue weighted by Gasteiger charge is 2.38. The first-order valence-corrected chi connectivity index (χ1v) is 17.4. The smallest absolute Gasteiger partial charge is 0.256 e. The molecule has 250 valence electrons. The molecule has 4 aromatic heterocycles. The molecule has 1 saturated heterocycles. The van der Waals surface area contributed by atoms with Crippen LogP contribution in [0.1, 0.15) is 58.3 Å². The van der Waals surface area contributed by atoms with Gasteiger partial charge in [-0.05, 0) is 51.5 Å². The lowest BCUT2D eigenvalue weighted by atomic mass is 9.83. The quantitative estimate of drug-likeness (QED) is 0.230. The zero-order chi connectivity index (χ0) is 33.0. The number of alkyl halides is 2. The molecule has 3 aliphatic rings. The monoisotopic (exact) mass is 668 g/mol. The maximum absolute atomic E-state index is 13.8. The molecule has 0 bridgehead atoms. The van der Waals surface area contributed by atoms with Gasteiger partial charge in [-0.2, -0.15) is 14.3 Å². The number of pyridine rings is 1. The van der Waals surface area contributed by atoms with Gasteiger partial charge in [0.1, 0.15) is 17.5 Å². The summed E-state index contributed by atoms with van der Waals surface area (Å²) in [6.07, 6.45) is 9.96. The second-order valence-corrected chi connectivity index (χ2v) is 15.2. The number of nitrogens with one attached hydrogen (secondary N) is 2. The van der Waals surface area contributed by atoms with Crippen molar-refractivity contribution < 1.29 is 22.3 Å². The molecule has 16 heteroatoms. The minimum absolute atomic E-state index is 0.117. The topological polar surface area (TPSA) is 156 Å². The number of aryl methyl sites for hydroxylation is 1. The number of rotatable bonds is 9. The number of piperidine rings is 1. The molecule has 3 N–H and O–H groups in total. The van der Waals surface area contributed by atoms with E-state index in [2.05, 4.69) is 30.7 Å². The molecule has 5 heterocycles. The van der Waals surface area contributed by atoms with Gasteiger partial charge in [-0.3, -0.25) is 4.68 Å². The predicted molar refractivity (Wildman–Crippen MR) is 173 cm³/mol. The van der Waals surface area contributed by atoms with Crippen LogP contribution >= 0.6 is 0 Å². The predicted octanol–water partition coefficient (Wildman–Crippen LogP) is 4.56. The normalized spacial score (nSPS) is 23.1. The van der Waals surface area contributed by atoms with Gasteiger partial charge in [0.25, 0.3) is 15.9 Å². The average molecular weight is 669 g/mol. The molecule has 0 radical (unpaired) electrons. The Kier molecular flexibility index (Phi) is 7.89. The van der Waals surface area contributed by atoms with Crippen LogP contribution in [0.5, 0.6) is 0 Å². The van der Waals surface area contributed by atoms with Gasteiger partial charge in [0.15, 0.2) is 5.82 Å². The van der Waals surface area contributed by atoms with Crippen LogP contribution in [0, 0.1) is 0 Å². The zero-order valence-electron chi connectivity index (χ0n) is 26.3. The Bertz CT molecular complexity index is 1870. The van der Waals surface area contributed by atoms with E-state index in [1.807, 2.05) is 31.0 Å². The molecule has 1 aliphatic heterocycles. The van der Waals surface area contributed by atoms with Crippen LogP contribution < -0.4 is 15.5 Å². The standard InChI is InChI=1S/C31H38F2N10O3S/c1-30(44)8-5-21(6-9-30)37-24-15-27(35-18-23(24)25-16-28(41(2)40-25)42-13-10-31(32,33)11-14-42)38-26-7-12-34-29(39-26)20-17-36-43(19-20)47(45,46)22-3-4-22/h7,12,15-19,21-22,44H,3-6,8-11,13-14H2,1-2H3,(H2,34,35,37,38,39). The van der Waals surface area contributed by atoms with Crippen LogP contribution in [-0.4, -0.2) is 83.3 Å². The lowest BCUT2D eigenvalue weighted by Gasteiger charge is -2.34. The Labute approximate surface area is 271 Å². The van der Waals surface area contributed by atoms with Crippen molar-refractivity contribution in [2.24, 2.45) is 7.05 Å². The van der Waals surface area contributed by atoms with Crippen LogP contribution in [0.3, 0.4) is 0 Å². The van der Waals surface area contributed by atoms with Crippen LogP contribution in [0.4, 0.5) is 31.9 Å². The minimum atomic E-state index is -3.51. The fourth-order valence-corrected chi connectivity index (χ4v) is 7.65. The lowest BCUT2D eigenvalue weighted by molar-refractivity contribution is -0.0222. The first-order valence-electron chi connectivity index (χ1n) is 15.9. The summed E-state index contributed by atoms with van der Waals surface area (Å²) in [7, 11) is -1.70. The van der Waals surface area contributed by atoms with E-state index in [0.717, 1.165) is 34.0 Å². The van der Waals surface area contributed by atoms with Gasteiger partial charge in [0, 0.05) is 74.8 Å². The van der Waals surface area contributed by atoms with Crippen molar-refractivity contribution in [1.82, 2.24) is 33.9 Å². The molecule has 0 aromatic carbocycles. The van der Waals surface area contributed by atoms with Gasteiger partial charge in [-0.1, -0.05) is 0 Å². The lowest BCUT2D eigenvalue weighted by Crippen LogP contribution is -2.40. The molecule has 2 saturated carbocycles. The third kappa shape index (κ3) is 6.79. The maximum Gasteiger partial charge on any atom is 0.256 e. The molecule has 0 atom stereocenters. The van der Waals surface area contributed by atoms with Crippen molar-refractivity contribution in [3.05, 3.63) is 43.0 Å². The molecular formula is C31H38F2N10O3S. The van der Waals surface area contributed by atoms with Crippen molar-refractivity contribution in [2.75, 3.05) is 28.6 Å². The third-order valence-corrected chi connectivity index (χ3v) is 11.2. The SMILES string of the molecule is Cn1nc(-c2cnc(Nc3ccnc(-c4cnn(S(=O)(=O)C5CC5)c4)n3)cc2NC2CCC(C)(O)CC2)cc1N1CCC(F)(F)CC1. The van der Waals surface area contributed by atoms with Crippen LogP contribution in [0.25, 0.3) is 22.6 Å². The fraction of sp³-hybridized carbons (Fsp3) is 0.516. The number of aromatic nitrogens is 7. The molecule has 4 aromatic rings. The van der Waals surface area contributed by atoms with E-state index >= 15 is 0 Å². The number of hydrogen-bond acceptors (Lipinski definition) is 11. The molecule has 2 aliphatic carbocycles. The summed E-state index contributed by atoms with van der Waals surface area (Å²) in [4.78, 5) is 15.5. The number of anilines is 4. The van der Waals surface area contributed by atoms with Crippen LogP contribution in [0.2, 0.25) is 0 Å². The highest BCUT2D eigenvalue weighted by Crippen LogP contribution is 2.37. The molecular weight excluding hydrogens is 630 g/mol. The highest BCUT2D eigenvalue weighted by atomic mass is 32.2. The van der Waals surface area contributed by atoms with E-state index in [-0.39, 0.29) is 32.0 Å². The number of aliphatic hydroxyl groups is 1. The Balaban J connectivity index is 1.15. The summed E-state index contributed by atoms with van der Waals surface area (Å²) in [5.74, 6) is -0.609. The van der Waals surface area contributed by atoms with Gasteiger partial charge in [-0.15, -0.1) is 0 Å². The van der Waals surface area contributed by atoms with E-state index in [9.17, 15) is 22.3 Å². The number of hydrogen-bond donors (Lipinski definition) is 3. The molecule has 47 heavy (non-hydrogen) atoms. The van der Waals surface area contributed by atoms with Crippen molar-refractivity contribution in [3.8, 4) is 22.6 Å². The summed E-state index contributed by atoms with van der Waals surface area (Å²) < 4.78 is 55.6. The summed E-state index contributed by atoms with van der Waals surface area (Å²) in [6, 6.07) is 5.59. The van der Waals surface area contributed by atoms with Crippen molar-refractivity contribution in [2.45, 2.75) is 81.1 Å². The van der Waals surface area contributed by atoms with Gasteiger partial charge in [-0.25, -0.2) is 32.2 Å². The van der Waals surface area contributed by atoms with Crippen molar-refractivity contribution in [3.63, 3.8) is 0 Å². The molecule has 13 nitrogen and oxygen atoms in total. The van der Waals surface area contributed by atoms with Crippen molar-refractivity contribution >= 4 is 33.2 Å². The second-order valence-electron chi connectivity index (χ2n) is 13.1. The third-order valence-electron chi connectivity index (χ3n) is 9.21. The summed E-state index contributed by atoms with van der Waals surface area (Å²) in [5, 5.41) is 25.8. The van der Waals surface area contributed by atoms with Gasteiger partial charge in [0.05, 0.1) is 34.5 Å². The Morgan fingerprint density at radius 2 is 1.74 bits per heavy atom. The molecule has 0 amide bonds. The van der Waals surface area contributed by atoms with Gasteiger partial charge >= 0.3 is 0 Å². The van der Waals surface area contributed by atoms with E-state index in [1.165, 1.54) is 12.4 Å². The first kappa shape index (κ1) is 31.4. The first-order chi connectivity index (χ1) is 22.4. The van der Waals surface area contributed by atoms with Crippen LogP contribution in [-0.2, 0) is 17.1 Å². The van der Waals surface area contributed by atoms with Gasteiger partial charge in [0.2, 0.25) is 0 Å². The summed E-state index contributed by atoms with van der Waals surface area (Å²) in [5.41, 5.74) is 1.98. The highest BCUT2D eigenvalue weighted by molar-refractivity contribution is 7.90. The average Bonchev–Trinajstić information content (AvgIpc) is 3.66. The van der Waals surface area contributed by atoms with E-state index in [4.69, 9.17) is 5.10 Å². The minimum Gasteiger partial charge on any atom is -0.390 e. The molecule has 7 rings (SSSR count). The fourth-order valence-electron chi connectivity index (χ4n) is 6.18. The van der Waals surface area contributed by atoms with Crippen LogP contribution in [0.15, 0.2) is 43.0 Å². The largest absolute Gasteiger partial charge is 0.390 e. The second kappa shape index (κ2) is 11.8. The Morgan fingerprint density at radius 3 is 2.47 bits per heavy atom.